The molecule has 18 heavy (non-hydrogen) atoms. The lowest BCUT2D eigenvalue weighted by molar-refractivity contribution is 1.45. The lowest BCUT2D eigenvalue weighted by atomic mass is 10.1. The lowest BCUT2D eigenvalue weighted by Gasteiger charge is -1.93. The topological polar surface area (TPSA) is 0 Å². The second-order valence-electron chi connectivity index (χ2n) is 4.18. The Kier molecular flexibility index (Phi) is 4.39. The summed E-state index contributed by atoms with van der Waals surface area (Å²) in [6.45, 7) is 2.10. The number of hydrogen-bond donors (Lipinski definition) is 0. The monoisotopic (exact) mass is 232 g/mol. The third-order valence-corrected chi connectivity index (χ3v) is 2.61. The van der Waals surface area contributed by atoms with Crippen LogP contribution < -0.4 is 0 Å². The molecule has 2 aromatic carbocycles. The minimum absolute atomic E-state index is 0.781. The Bertz CT molecular complexity index is 563. The van der Waals surface area contributed by atoms with E-state index in [0.717, 1.165) is 12.0 Å². The van der Waals surface area contributed by atoms with Gasteiger partial charge in [0.15, 0.2) is 0 Å². The van der Waals surface area contributed by atoms with Gasteiger partial charge in [0.2, 0.25) is 0 Å². The SMILES string of the molecule is Cc1ccc(/C=C/CC#Cc2ccccc2)cc1. The van der Waals surface area contributed by atoms with Crippen LogP contribution in [0, 0.1) is 18.8 Å². The van der Waals surface area contributed by atoms with Crippen molar-refractivity contribution in [1.29, 1.82) is 0 Å². The van der Waals surface area contributed by atoms with Crippen LogP contribution in [0.25, 0.3) is 6.08 Å². The fourth-order valence-corrected chi connectivity index (χ4v) is 1.61. The van der Waals surface area contributed by atoms with Crippen LogP contribution in [0.1, 0.15) is 23.1 Å². The van der Waals surface area contributed by atoms with Crippen molar-refractivity contribution in [2.24, 2.45) is 0 Å². The van der Waals surface area contributed by atoms with Crippen molar-refractivity contribution in [2.75, 3.05) is 0 Å². The molecule has 2 aromatic rings. The highest BCUT2D eigenvalue weighted by atomic mass is 13.9. The maximum Gasteiger partial charge on any atom is 0.0276 e. The first-order valence-corrected chi connectivity index (χ1v) is 6.12. The van der Waals surface area contributed by atoms with E-state index < -0.39 is 0 Å². The Hall–Kier alpha value is -2.26. The minimum Gasteiger partial charge on any atom is -0.0937 e. The molecule has 0 unspecified atom stereocenters. The molecule has 0 aliphatic heterocycles. The van der Waals surface area contributed by atoms with E-state index in [-0.39, 0.29) is 0 Å². The predicted octanol–water partition coefficient (Wildman–Crippen LogP) is 4.45. The van der Waals surface area contributed by atoms with E-state index in [1.165, 1.54) is 11.1 Å². The molecule has 0 atom stereocenters. The van der Waals surface area contributed by atoms with Crippen LogP contribution in [0.4, 0.5) is 0 Å². The Morgan fingerprint density at radius 2 is 1.67 bits per heavy atom. The number of benzene rings is 2. The van der Waals surface area contributed by atoms with Gasteiger partial charge in [-0.15, -0.1) is 0 Å². The van der Waals surface area contributed by atoms with Gasteiger partial charge >= 0.3 is 0 Å². The van der Waals surface area contributed by atoms with E-state index in [4.69, 9.17) is 0 Å². The first kappa shape index (κ1) is 12.2. The second-order valence-corrected chi connectivity index (χ2v) is 4.18. The summed E-state index contributed by atoms with van der Waals surface area (Å²) >= 11 is 0. The molecule has 0 saturated heterocycles. The first-order chi connectivity index (χ1) is 8.84. The zero-order valence-corrected chi connectivity index (χ0v) is 10.6. The molecule has 0 bridgehead atoms. The smallest absolute Gasteiger partial charge is 0.0276 e. The van der Waals surface area contributed by atoms with Gasteiger partial charge in [0.05, 0.1) is 0 Å². The second kappa shape index (κ2) is 6.47. The van der Waals surface area contributed by atoms with Gasteiger partial charge in [0.1, 0.15) is 0 Å². The highest BCUT2D eigenvalue weighted by Crippen LogP contribution is 2.05. The average Bonchev–Trinajstić information content (AvgIpc) is 2.42. The molecular weight excluding hydrogens is 216 g/mol. The molecule has 0 heterocycles. The summed E-state index contributed by atoms with van der Waals surface area (Å²) in [4.78, 5) is 0. The minimum atomic E-state index is 0.781. The molecule has 0 nitrogen and oxygen atoms in total. The van der Waals surface area contributed by atoms with Gasteiger partial charge in [0.25, 0.3) is 0 Å². The van der Waals surface area contributed by atoms with E-state index in [9.17, 15) is 0 Å². The van der Waals surface area contributed by atoms with Crippen molar-refractivity contribution in [2.45, 2.75) is 13.3 Å². The number of aryl methyl sites for hydroxylation is 1. The predicted molar refractivity (Wildman–Crippen MR) is 78.2 cm³/mol. The molecule has 0 amide bonds. The molecular formula is C18H16. The summed E-state index contributed by atoms with van der Waals surface area (Å²) in [5.41, 5.74) is 3.58. The van der Waals surface area contributed by atoms with Gasteiger partial charge in [0, 0.05) is 12.0 Å². The molecule has 0 aliphatic rings. The molecule has 0 radical (unpaired) electrons. The molecule has 0 saturated carbocycles. The third-order valence-electron chi connectivity index (χ3n) is 2.61. The molecule has 0 fully saturated rings. The average molecular weight is 232 g/mol. The van der Waals surface area contributed by atoms with E-state index in [1.54, 1.807) is 0 Å². The quantitative estimate of drug-likeness (QED) is 0.671. The Morgan fingerprint density at radius 1 is 0.944 bits per heavy atom. The molecule has 0 heteroatoms. The fourth-order valence-electron chi connectivity index (χ4n) is 1.61. The highest BCUT2D eigenvalue weighted by molar-refractivity contribution is 5.50. The fraction of sp³-hybridized carbons (Fsp3) is 0.111. The maximum atomic E-state index is 3.15. The number of rotatable bonds is 2. The van der Waals surface area contributed by atoms with E-state index in [1.807, 2.05) is 30.3 Å². The molecule has 0 aliphatic carbocycles. The van der Waals surface area contributed by atoms with Crippen LogP contribution in [0.2, 0.25) is 0 Å². The summed E-state index contributed by atoms with van der Waals surface area (Å²) < 4.78 is 0. The van der Waals surface area contributed by atoms with Crippen molar-refractivity contribution >= 4 is 6.08 Å². The van der Waals surface area contributed by atoms with Gasteiger partial charge in [-0.25, -0.2) is 0 Å². The van der Waals surface area contributed by atoms with E-state index in [0.29, 0.717) is 0 Å². The summed E-state index contributed by atoms with van der Waals surface area (Å²) in [5.74, 6) is 6.29. The number of hydrogen-bond acceptors (Lipinski definition) is 0. The van der Waals surface area contributed by atoms with Crippen molar-refractivity contribution in [1.82, 2.24) is 0 Å². The zero-order chi connectivity index (χ0) is 12.6. The van der Waals surface area contributed by atoms with Gasteiger partial charge in [-0.3, -0.25) is 0 Å². The largest absolute Gasteiger partial charge is 0.0937 e. The van der Waals surface area contributed by atoms with Gasteiger partial charge in [-0.1, -0.05) is 72.0 Å². The van der Waals surface area contributed by atoms with Crippen molar-refractivity contribution < 1.29 is 0 Å². The molecule has 0 N–H and O–H groups in total. The van der Waals surface area contributed by atoms with E-state index >= 15 is 0 Å². The van der Waals surface area contributed by atoms with Crippen molar-refractivity contribution in [3.63, 3.8) is 0 Å². The standard InChI is InChI=1S/C18H16/c1-16-12-14-18(15-13-16)11-7-3-6-10-17-8-4-2-5-9-17/h2,4-5,7-9,11-15H,3H2,1H3/b11-7+. The summed E-state index contributed by atoms with van der Waals surface area (Å²) in [6, 6.07) is 18.5. The highest BCUT2D eigenvalue weighted by Gasteiger charge is 1.85. The van der Waals surface area contributed by atoms with Crippen LogP contribution in [0.15, 0.2) is 60.7 Å². The Morgan fingerprint density at radius 3 is 2.39 bits per heavy atom. The molecule has 88 valence electrons. The third kappa shape index (κ3) is 3.96. The van der Waals surface area contributed by atoms with E-state index in [2.05, 4.69) is 55.2 Å². The Labute approximate surface area is 109 Å². The van der Waals surface area contributed by atoms with Crippen LogP contribution in [-0.4, -0.2) is 0 Å². The Balaban J connectivity index is 1.89. The number of allylic oxidation sites excluding steroid dienone is 1. The molecule has 0 aromatic heterocycles. The lowest BCUT2D eigenvalue weighted by Crippen LogP contribution is -1.73. The van der Waals surface area contributed by atoms with Gasteiger partial charge < -0.3 is 0 Å². The van der Waals surface area contributed by atoms with Crippen molar-refractivity contribution in [3.8, 4) is 11.8 Å². The first-order valence-electron chi connectivity index (χ1n) is 6.12. The molecule has 0 spiro atoms. The summed E-state index contributed by atoms with van der Waals surface area (Å²) in [7, 11) is 0. The maximum absolute atomic E-state index is 3.15. The van der Waals surface area contributed by atoms with Crippen LogP contribution >= 0.6 is 0 Å². The van der Waals surface area contributed by atoms with Crippen molar-refractivity contribution in [3.05, 3.63) is 77.4 Å². The van der Waals surface area contributed by atoms with Crippen LogP contribution in [0.3, 0.4) is 0 Å². The summed E-state index contributed by atoms with van der Waals surface area (Å²) in [5, 5.41) is 0. The normalized spacial score (nSPS) is 10.1. The molecule has 2 rings (SSSR count). The summed E-state index contributed by atoms with van der Waals surface area (Å²) in [6.07, 6.45) is 4.99. The van der Waals surface area contributed by atoms with Crippen LogP contribution in [-0.2, 0) is 0 Å². The van der Waals surface area contributed by atoms with Crippen LogP contribution in [0.5, 0.6) is 0 Å². The van der Waals surface area contributed by atoms with Gasteiger partial charge in [-0.05, 0) is 24.6 Å². The van der Waals surface area contributed by atoms with Gasteiger partial charge in [-0.2, -0.15) is 0 Å². The zero-order valence-electron chi connectivity index (χ0n) is 10.6.